The molecule has 2 aromatic rings. The summed E-state index contributed by atoms with van der Waals surface area (Å²) < 4.78 is 6.53. The first kappa shape index (κ1) is 18.2. The Bertz CT molecular complexity index is 866. The second-order valence-corrected chi connectivity index (χ2v) is 10.2. The molecule has 3 aliphatic heterocycles. The molecule has 5 rings (SSSR count). The number of nitrogens with one attached hydrogen (secondary N) is 2. The van der Waals surface area contributed by atoms with E-state index in [0.717, 1.165) is 37.0 Å². The molecule has 3 fully saturated rings. The molecule has 3 saturated heterocycles. The van der Waals surface area contributed by atoms with Crippen LogP contribution in [-0.2, 0) is 4.74 Å². The Kier molecular flexibility index (Phi) is 4.11. The summed E-state index contributed by atoms with van der Waals surface area (Å²) in [6, 6.07) is 9.94. The van der Waals surface area contributed by atoms with Gasteiger partial charge in [0.2, 0.25) is 0 Å². The van der Waals surface area contributed by atoms with Crippen LogP contribution in [0.1, 0.15) is 44.1 Å². The summed E-state index contributed by atoms with van der Waals surface area (Å²) in [4.78, 5) is 18.5. The molecule has 1 spiro atoms. The van der Waals surface area contributed by atoms with Crippen LogP contribution in [0.25, 0.3) is 10.9 Å². The highest BCUT2D eigenvalue weighted by Crippen LogP contribution is 2.54. The van der Waals surface area contributed by atoms with Gasteiger partial charge < -0.3 is 15.0 Å². The summed E-state index contributed by atoms with van der Waals surface area (Å²) in [5.41, 5.74) is 1.98. The molecule has 2 N–H and O–H groups in total. The van der Waals surface area contributed by atoms with E-state index in [9.17, 15) is 4.79 Å². The van der Waals surface area contributed by atoms with Crippen LogP contribution >= 0.6 is 0 Å². The highest BCUT2D eigenvalue weighted by atomic mass is 16.5. The van der Waals surface area contributed by atoms with Crippen molar-refractivity contribution in [3.63, 3.8) is 0 Å². The number of benzene rings is 1. The van der Waals surface area contributed by atoms with E-state index in [-0.39, 0.29) is 11.5 Å². The van der Waals surface area contributed by atoms with E-state index in [0.29, 0.717) is 35.6 Å². The Morgan fingerprint density at radius 2 is 2.18 bits per heavy atom. The molecule has 1 aromatic carbocycles. The molecule has 2 bridgehead atoms. The number of para-hydroxylation sites is 1. The number of ether oxygens (including phenoxy) is 1. The molecule has 1 amide bonds. The van der Waals surface area contributed by atoms with Crippen LogP contribution in [0.15, 0.2) is 30.3 Å². The van der Waals surface area contributed by atoms with Crippen molar-refractivity contribution in [1.29, 1.82) is 0 Å². The third-order valence-electron chi connectivity index (χ3n) is 6.83. The SMILES string of the molecule is CC(C)(C)CN1C[C@@H]2[C@H](CNC(=O)c3cc4ccccc4[nH]3)[C@H]3CC[C@]2(C1)O3. The maximum absolute atomic E-state index is 12.7. The fourth-order valence-electron chi connectivity index (χ4n) is 5.85. The van der Waals surface area contributed by atoms with Gasteiger partial charge in [-0.3, -0.25) is 9.69 Å². The Hall–Kier alpha value is -1.85. The molecule has 0 unspecified atom stereocenters. The Balaban J connectivity index is 1.26. The van der Waals surface area contributed by atoms with E-state index in [2.05, 4.69) is 36.0 Å². The van der Waals surface area contributed by atoms with Crippen LogP contribution in [0.4, 0.5) is 0 Å². The first-order valence-corrected chi connectivity index (χ1v) is 10.6. The van der Waals surface area contributed by atoms with Gasteiger partial charge in [-0.05, 0) is 30.4 Å². The van der Waals surface area contributed by atoms with E-state index in [1.807, 2.05) is 30.3 Å². The summed E-state index contributed by atoms with van der Waals surface area (Å²) in [5, 5.41) is 4.26. The van der Waals surface area contributed by atoms with Crippen LogP contribution in [-0.4, -0.2) is 53.7 Å². The van der Waals surface area contributed by atoms with Gasteiger partial charge in [-0.25, -0.2) is 0 Å². The molecule has 0 saturated carbocycles. The minimum atomic E-state index is -0.0161. The first-order valence-electron chi connectivity index (χ1n) is 10.6. The lowest BCUT2D eigenvalue weighted by atomic mass is 9.73. The number of carbonyl (C=O) groups is 1. The number of hydrogen-bond donors (Lipinski definition) is 2. The predicted molar refractivity (Wildman–Crippen MR) is 110 cm³/mol. The van der Waals surface area contributed by atoms with Gasteiger partial charge in [-0.2, -0.15) is 0 Å². The van der Waals surface area contributed by atoms with Gasteiger partial charge in [-0.1, -0.05) is 39.0 Å². The van der Waals surface area contributed by atoms with E-state index in [4.69, 9.17) is 4.74 Å². The highest BCUT2D eigenvalue weighted by molar-refractivity contribution is 5.97. The van der Waals surface area contributed by atoms with Gasteiger partial charge in [0.15, 0.2) is 0 Å². The molecule has 4 heterocycles. The third-order valence-corrected chi connectivity index (χ3v) is 6.83. The zero-order valence-electron chi connectivity index (χ0n) is 17.1. The van der Waals surface area contributed by atoms with Crippen LogP contribution in [0, 0.1) is 17.3 Å². The molecule has 5 nitrogen and oxygen atoms in total. The van der Waals surface area contributed by atoms with Gasteiger partial charge >= 0.3 is 0 Å². The number of H-pyrrole nitrogens is 1. The Morgan fingerprint density at radius 3 is 2.96 bits per heavy atom. The smallest absolute Gasteiger partial charge is 0.267 e. The van der Waals surface area contributed by atoms with E-state index in [1.165, 1.54) is 6.42 Å². The third kappa shape index (κ3) is 3.05. The van der Waals surface area contributed by atoms with Crippen molar-refractivity contribution in [3.05, 3.63) is 36.0 Å². The molecule has 0 aliphatic carbocycles. The standard InChI is InChI=1S/C23H31N3O2/c1-22(2,3)13-26-12-17-16(20-8-9-23(17,14-26)28-20)11-24-21(27)19-10-15-6-4-5-7-18(15)25-19/h4-7,10,16-17,20,25H,8-9,11-14H2,1-3H3,(H,24,27)/t16-,17+,20+,23+/m0/s1. The molecular weight excluding hydrogens is 350 g/mol. The van der Waals surface area contributed by atoms with Crippen molar-refractivity contribution in [2.45, 2.75) is 45.3 Å². The number of fused-ring (bicyclic) bond motifs is 2. The lowest BCUT2D eigenvalue weighted by Crippen LogP contribution is -2.42. The quantitative estimate of drug-likeness (QED) is 0.853. The van der Waals surface area contributed by atoms with Crippen molar-refractivity contribution in [3.8, 4) is 0 Å². The number of nitrogens with zero attached hydrogens (tertiary/aromatic N) is 1. The molecule has 4 atom stereocenters. The van der Waals surface area contributed by atoms with Crippen molar-refractivity contribution in [1.82, 2.24) is 15.2 Å². The number of hydrogen-bond acceptors (Lipinski definition) is 3. The number of aromatic nitrogens is 1. The molecule has 0 radical (unpaired) electrons. The Morgan fingerprint density at radius 1 is 1.36 bits per heavy atom. The van der Waals surface area contributed by atoms with Crippen LogP contribution in [0.2, 0.25) is 0 Å². The van der Waals surface area contributed by atoms with Crippen molar-refractivity contribution in [2.75, 3.05) is 26.2 Å². The summed E-state index contributed by atoms with van der Waals surface area (Å²) in [6.45, 7) is 10.9. The fourth-order valence-corrected chi connectivity index (χ4v) is 5.85. The molecule has 1 aromatic heterocycles. The van der Waals surface area contributed by atoms with Crippen molar-refractivity contribution < 1.29 is 9.53 Å². The second kappa shape index (κ2) is 6.33. The first-order chi connectivity index (χ1) is 13.3. The minimum absolute atomic E-state index is 0.0161. The average molecular weight is 382 g/mol. The van der Waals surface area contributed by atoms with Crippen molar-refractivity contribution in [2.24, 2.45) is 17.3 Å². The van der Waals surface area contributed by atoms with Crippen LogP contribution in [0.5, 0.6) is 0 Å². The van der Waals surface area contributed by atoms with Gasteiger partial charge in [0.1, 0.15) is 5.69 Å². The lowest BCUT2D eigenvalue weighted by Gasteiger charge is -2.29. The zero-order chi connectivity index (χ0) is 19.5. The molecule has 28 heavy (non-hydrogen) atoms. The van der Waals surface area contributed by atoms with E-state index in [1.54, 1.807) is 0 Å². The zero-order valence-corrected chi connectivity index (χ0v) is 17.1. The van der Waals surface area contributed by atoms with Crippen LogP contribution in [0.3, 0.4) is 0 Å². The summed E-state index contributed by atoms with van der Waals surface area (Å²) in [7, 11) is 0. The topological polar surface area (TPSA) is 57.4 Å². The van der Waals surface area contributed by atoms with Crippen molar-refractivity contribution >= 4 is 16.8 Å². The molecule has 150 valence electrons. The molecular formula is C23H31N3O2. The molecule has 5 heteroatoms. The largest absolute Gasteiger partial charge is 0.370 e. The predicted octanol–water partition coefficient (Wildman–Crippen LogP) is 3.42. The van der Waals surface area contributed by atoms with Gasteiger partial charge in [0.05, 0.1) is 11.7 Å². The van der Waals surface area contributed by atoms with Gasteiger partial charge in [-0.15, -0.1) is 0 Å². The number of rotatable bonds is 4. The summed E-state index contributed by atoms with van der Waals surface area (Å²) >= 11 is 0. The fraction of sp³-hybridized carbons (Fsp3) is 0.609. The maximum Gasteiger partial charge on any atom is 0.267 e. The Labute approximate surface area is 166 Å². The van der Waals surface area contributed by atoms with Crippen LogP contribution < -0.4 is 5.32 Å². The maximum atomic E-state index is 12.7. The highest BCUT2D eigenvalue weighted by Gasteiger charge is 2.62. The number of aromatic amines is 1. The summed E-state index contributed by atoms with van der Waals surface area (Å²) in [6.07, 6.45) is 2.62. The van der Waals surface area contributed by atoms with Gasteiger partial charge in [0.25, 0.3) is 5.91 Å². The number of amides is 1. The number of carbonyl (C=O) groups excluding carboxylic acids is 1. The second-order valence-electron chi connectivity index (χ2n) is 10.2. The average Bonchev–Trinajstić information content (AvgIpc) is 3.35. The molecule has 3 aliphatic rings. The summed E-state index contributed by atoms with van der Waals surface area (Å²) in [5.74, 6) is 0.946. The lowest BCUT2D eigenvalue weighted by molar-refractivity contribution is 0.000432. The minimum Gasteiger partial charge on any atom is -0.370 e. The monoisotopic (exact) mass is 381 g/mol. The number of likely N-dealkylation sites (tertiary alicyclic amines) is 1. The van der Waals surface area contributed by atoms with E-state index >= 15 is 0 Å². The normalized spacial score (nSPS) is 32.2. The van der Waals surface area contributed by atoms with Gasteiger partial charge in [0, 0.05) is 48.9 Å². The van der Waals surface area contributed by atoms with E-state index < -0.39 is 0 Å².